The Morgan fingerprint density at radius 2 is 2.33 bits per heavy atom. The largest absolute Gasteiger partial charge is 0.495 e. The van der Waals surface area contributed by atoms with Gasteiger partial charge in [-0.05, 0) is 31.5 Å². The van der Waals surface area contributed by atoms with E-state index >= 15 is 0 Å². The van der Waals surface area contributed by atoms with Crippen molar-refractivity contribution in [3.8, 4) is 5.75 Å². The van der Waals surface area contributed by atoms with Crippen LogP contribution in [0.4, 0.5) is 0 Å². The van der Waals surface area contributed by atoms with Gasteiger partial charge < -0.3 is 10.1 Å². The Morgan fingerprint density at radius 1 is 1.39 bits per heavy atom. The number of nitrogens with zero attached hydrogens (tertiary/aromatic N) is 2. The molecular weight excluding hydrogens is 226 g/mol. The van der Waals surface area contributed by atoms with Crippen molar-refractivity contribution >= 4 is 5.52 Å². The van der Waals surface area contributed by atoms with Crippen LogP contribution in [0.3, 0.4) is 0 Å². The number of ether oxygens (including phenoxy) is 1. The third-order valence-electron chi connectivity index (χ3n) is 3.68. The van der Waals surface area contributed by atoms with E-state index in [9.17, 15) is 0 Å². The molecule has 0 radical (unpaired) electrons. The molecule has 3 heterocycles. The predicted octanol–water partition coefficient (Wildman–Crippen LogP) is 2.20. The lowest BCUT2D eigenvalue weighted by atomic mass is 10.0. The first-order valence-corrected chi connectivity index (χ1v) is 6.60. The van der Waals surface area contributed by atoms with Crippen LogP contribution in [0.25, 0.3) is 5.52 Å². The van der Waals surface area contributed by atoms with Gasteiger partial charge in [-0.1, -0.05) is 6.42 Å². The van der Waals surface area contributed by atoms with Gasteiger partial charge in [-0.2, -0.15) is 0 Å². The average molecular weight is 245 g/mol. The van der Waals surface area contributed by atoms with E-state index in [1.54, 1.807) is 7.11 Å². The number of aromatic nitrogens is 2. The third kappa shape index (κ3) is 2.08. The van der Waals surface area contributed by atoms with Gasteiger partial charge in [-0.15, -0.1) is 0 Å². The predicted molar refractivity (Wildman–Crippen MR) is 71.2 cm³/mol. The van der Waals surface area contributed by atoms with Gasteiger partial charge in [0.1, 0.15) is 11.6 Å². The molecule has 0 amide bonds. The van der Waals surface area contributed by atoms with Gasteiger partial charge in [-0.3, -0.25) is 4.40 Å². The fourth-order valence-corrected chi connectivity index (χ4v) is 2.65. The third-order valence-corrected chi connectivity index (χ3v) is 3.68. The molecule has 0 aromatic carbocycles. The summed E-state index contributed by atoms with van der Waals surface area (Å²) in [6.07, 6.45) is 7.73. The zero-order valence-corrected chi connectivity index (χ0v) is 10.7. The minimum atomic E-state index is 0.502. The summed E-state index contributed by atoms with van der Waals surface area (Å²) in [4.78, 5) is 4.60. The van der Waals surface area contributed by atoms with E-state index in [1.165, 1.54) is 19.3 Å². The summed E-state index contributed by atoms with van der Waals surface area (Å²) < 4.78 is 7.46. The molecule has 1 saturated heterocycles. The van der Waals surface area contributed by atoms with Gasteiger partial charge in [-0.25, -0.2) is 4.98 Å². The number of pyridine rings is 1. The zero-order valence-electron chi connectivity index (χ0n) is 10.7. The maximum absolute atomic E-state index is 5.29. The van der Waals surface area contributed by atoms with Crippen LogP contribution in [0.15, 0.2) is 24.5 Å². The Balaban J connectivity index is 1.99. The number of nitrogens with one attached hydrogen (secondary N) is 1. The molecule has 4 heteroatoms. The normalized spacial score (nSPS) is 20.8. The number of hydrogen-bond acceptors (Lipinski definition) is 3. The highest BCUT2D eigenvalue weighted by atomic mass is 16.5. The fourth-order valence-electron chi connectivity index (χ4n) is 2.65. The van der Waals surface area contributed by atoms with Gasteiger partial charge in [0.05, 0.1) is 25.0 Å². The lowest BCUT2D eigenvalue weighted by Crippen LogP contribution is -2.20. The lowest BCUT2D eigenvalue weighted by Gasteiger charge is -2.13. The van der Waals surface area contributed by atoms with E-state index in [1.807, 2.05) is 18.5 Å². The van der Waals surface area contributed by atoms with Gasteiger partial charge in [0.15, 0.2) is 0 Å². The van der Waals surface area contributed by atoms with Gasteiger partial charge in [0, 0.05) is 12.5 Å². The Hall–Kier alpha value is -1.55. The number of hydrogen-bond donors (Lipinski definition) is 1. The highest BCUT2D eigenvalue weighted by Crippen LogP contribution is 2.24. The first-order chi connectivity index (χ1) is 8.88. The summed E-state index contributed by atoms with van der Waals surface area (Å²) >= 11 is 0. The molecule has 1 atom stereocenters. The van der Waals surface area contributed by atoms with Crippen molar-refractivity contribution in [1.29, 1.82) is 0 Å². The minimum absolute atomic E-state index is 0.502. The maximum Gasteiger partial charge on any atom is 0.135 e. The summed E-state index contributed by atoms with van der Waals surface area (Å²) in [5, 5.41) is 3.49. The summed E-state index contributed by atoms with van der Waals surface area (Å²) in [6, 6.07) is 4.03. The van der Waals surface area contributed by atoms with Crippen molar-refractivity contribution in [3.63, 3.8) is 0 Å². The van der Waals surface area contributed by atoms with Crippen LogP contribution in [-0.2, 0) is 0 Å². The van der Waals surface area contributed by atoms with Crippen molar-refractivity contribution in [2.75, 3.05) is 20.2 Å². The summed E-state index contributed by atoms with van der Waals surface area (Å²) in [7, 11) is 1.70. The standard InChI is InChI=1S/C14H19N3O/c1-18-13-6-5-12-9-16-14(17(12)10-13)11-4-2-3-7-15-8-11/h5-6,9-11,15H,2-4,7-8H2,1H3. The molecule has 3 rings (SSSR count). The fraction of sp³-hybridized carbons (Fsp3) is 0.500. The van der Waals surface area contributed by atoms with Crippen LogP contribution >= 0.6 is 0 Å². The second-order valence-corrected chi connectivity index (χ2v) is 4.88. The number of imidazole rings is 1. The molecule has 18 heavy (non-hydrogen) atoms. The summed E-state index contributed by atoms with van der Waals surface area (Å²) in [5.74, 6) is 2.53. The monoisotopic (exact) mass is 245 g/mol. The van der Waals surface area contributed by atoms with Crippen LogP contribution in [0, 0.1) is 0 Å². The highest BCUT2D eigenvalue weighted by molar-refractivity contribution is 5.48. The van der Waals surface area contributed by atoms with Crippen molar-refractivity contribution in [2.45, 2.75) is 25.2 Å². The molecule has 2 aromatic rings. The quantitative estimate of drug-likeness (QED) is 0.881. The van der Waals surface area contributed by atoms with Crippen molar-refractivity contribution in [2.24, 2.45) is 0 Å². The molecular formula is C14H19N3O. The molecule has 0 aliphatic carbocycles. The molecule has 0 spiro atoms. The first-order valence-electron chi connectivity index (χ1n) is 6.60. The van der Waals surface area contributed by atoms with Crippen molar-refractivity contribution < 1.29 is 4.74 Å². The van der Waals surface area contributed by atoms with E-state index < -0.39 is 0 Å². The Labute approximate surface area is 107 Å². The number of methoxy groups -OCH3 is 1. The van der Waals surface area contributed by atoms with Crippen LogP contribution in [0.5, 0.6) is 5.75 Å². The van der Waals surface area contributed by atoms with E-state index in [2.05, 4.69) is 20.8 Å². The van der Waals surface area contributed by atoms with E-state index in [0.29, 0.717) is 5.92 Å². The molecule has 0 saturated carbocycles. The smallest absolute Gasteiger partial charge is 0.135 e. The minimum Gasteiger partial charge on any atom is -0.495 e. The number of rotatable bonds is 2. The zero-order chi connectivity index (χ0) is 12.4. The molecule has 1 aliphatic rings. The van der Waals surface area contributed by atoms with E-state index in [0.717, 1.165) is 30.2 Å². The maximum atomic E-state index is 5.29. The van der Waals surface area contributed by atoms with Crippen molar-refractivity contribution in [1.82, 2.24) is 14.7 Å². The van der Waals surface area contributed by atoms with E-state index in [4.69, 9.17) is 4.74 Å². The SMILES string of the molecule is COc1ccc2cnc(C3CCCCNC3)n2c1. The first kappa shape index (κ1) is 11.5. The Kier molecular flexibility index (Phi) is 3.19. The number of fused-ring (bicyclic) bond motifs is 1. The summed E-state index contributed by atoms with van der Waals surface area (Å²) in [5.41, 5.74) is 1.13. The molecule has 4 nitrogen and oxygen atoms in total. The van der Waals surface area contributed by atoms with Crippen molar-refractivity contribution in [3.05, 3.63) is 30.4 Å². The van der Waals surface area contributed by atoms with Crippen LogP contribution < -0.4 is 10.1 Å². The van der Waals surface area contributed by atoms with Gasteiger partial charge >= 0.3 is 0 Å². The van der Waals surface area contributed by atoms with Crippen LogP contribution in [-0.4, -0.2) is 29.6 Å². The second-order valence-electron chi connectivity index (χ2n) is 4.88. The molecule has 96 valence electrons. The molecule has 1 fully saturated rings. The molecule has 1 aliphatic heterocycles. The van der Waals surface area contributed by atoms with Crippen LogP contribution in [0.2, 0.25) is 0 Å². The van der Waals surface area contributed by atoms with E-state index in [-0.39, 0.29) is 0 Å². The average Bonchev–Trinajstić information content (AvgIpc) is 2.64. The topological polar surface area (TPSA) is 38.6 Å². The summed E-state index contributed by atoms with van der Waals surface area (Å²) in [6.45, 7) is 2.15. The van der Waals surface area contributed by atoms with Gasteiger partial charge in [0.25, 0.3) is 0 Å². The second kappa shape index (κ2) is 4.98. The molecule has 0 bridgehead atoms. The van der Waals surface area contributed by atoms with Gasteiger partial charge in [0.2, 0.25) is 0 Å². The molecule has 1 unspecified atom stereocenters. The molecule has 1 N–H and O–H groups in total. The highest BCUT2D eigenvalue weighted by Gasteiger charge is 2.18. The lowest BCUT2D eigenvalue weighted by molar-refractivity contribution is 0.412. The van der Waals surface area contributed by atoms with Crippen LogP contribution in [0.1, 0.15) is 31.0 Å². The molecule has 2 aromatic heterocycles. The Bertz CT molecular complexity index is 527. The Morgan fingerprint density at radius 3 is 3.22 bits per heavy atom.